The summed E-state index contributed by atoms with van der Waals surface area (Å²) in [4.78, 5) is 20.0. The van der Waals surface area contributed by atoms with Gasteiger partial charge in [-0.2, -0.15) is 0 Å². The molecule has 8 heteroatoms. The lowest BCUT2D eigenvalue weighted by Gasteiger charge is -2.24. The molecule has 1 amide bonds. The van der Waals surface area contributed by atoms with Gasteiger partial charge in [-0.1, -0.05) is 23.9 Å². The maximum atomic E-state index is 12.9. The molecule has 3 rings (SSSR count). The maximum Gasteiger partial charge on any atom is 0.255 e. The van der Waals surface area contributed by atoms with Gasteiger partial charge in [0.1, 0.15) is 5.03 Å². The minimum absolute atomic E-state index is 0. The lowest BCUT2D eigenvalue weighted by molar-refractivity contribution is 0.0740. The maximum absolute atomic E-state index is 12.9. The summed E-state index contributed by atoms with van der Waals surface area (Å²) in [6.45, 7) is 1.84. The normalized spacial score (nSPS) is 15.8. The van der Waals surface area contributed by atoms with E-state index in [1.165, 1.54) is 11.8 Å². The van der Waals surface area contributed by atoms with Gasteiger partial charge in [0.25, 0.3) is 5.91 Å². The van der Waals surface area contributed by atoms with Crippen molar-refractivity contribution in [2.75, 3.05) is 20.1 Å². The summed E-state index contributed by atoms with van der Waals surface area (Å²) in [5.41, 5.74) is 0.733. The van der Waals surface area contributed by atoms with E-state index >= 15 is 0 Å². The highest BCUT2D eigenvalue weighted by Gasteiger charge is 2.25. The standard InChI is InChI=1S/C17H18BrN3OS.2ClH/c1-21(13-8-9-19-11-13)17(22)14-4-2-3-5-15(14)23-16-7-6-12(18)10-20-16;;/h2-7,10,13,19H,8-9,11H2,1H3;2*1H. The number of amides is 1. The third-order valence-corrected chi connectivity index (χ3v) is 5.43. The lowest BCUT2D eigenvalue weighted by atomic mass is 10.1. The number of hydrogen-bond donors (Lipinski definition) is 1. The third-order valence-electron chi connectivity index (χ3n) is 3.93. The Kier molecular flexibility index (Phi) is 9.24. The Morgan fingerprint density at radius 1 is 1.28 bits per heavy atom. The van der Waals surface area contributed by atoms with E-state index in [4.69, 9.17) is 0 Å². The van der Waals surface area contributed by atoms with Crippen molar-refractivity contribution in [3.05, 3.63) is 52.6 Å². The highest BCUT2D eigenvalue weighted by atomic mass is 79.9. The van der Waals surface area contributed by atoms with Gasteiger partial charge < -0.3 is 10.2 Å². The van der Waals surface area contributed by atoms with Gasteiger partial charge in [-0.05, 0) is 53.2 Å². The molecule has 0 radical (unpaired) electrons. The summed E-state index contributed by atoms with van der Waals surface area (Å²) < 4.78 is 0.944. The Bertz CT molecular complexity index is 697. The molecular formula is C17H20BrCl2N3OS. The fourth-order valence-corrected chi connectivity index (χ4v) is 3.71. The molecule has 2 heterocycles. The average molecular weight is 465 g/mol. The van der Waals surface area contributed by atoms with Crippen LogP contribution < -0.4 is 5.32 Å². The van der Waals surface area contributed by atoms with Crippen LogP contribution in [0, 0.1) is 0 Å². The molecule has 0 spiro atoms. The summed E-state index contributed by atoms with van der Waals surface area (Å²) in [6, 6.07) is 11.9. The van der Waals surface area contributed by atoms with E-state index in [0.717, 1.165) is 39.5 Å². The third kappa shape index (κ3) is 5.59. The Morgan fingerprint density at radius 3 is 2.68 bits per heavy atom. The summed E-state index contributed by atoms with van der Waals surface area (Å²) in [5, 5.41) is 4.18. The Hall–Kier alpha value is -0.790. The molecule has 1 aromatic heterocycles. The fourth-order valence-electron chi connectivity index (χ4n) is 2.59. The van der Waals surface area contributed by atoms with Gasteiger partial charge in [0.05, 0.1) is 5.56 Å². The van der Waals surface area contributed by atoms with Crippen molar-refractivity contribution in [1.82, 2.24) is 15.2 Å². The molecule has 1 unspecified atom stereocenters. The fraction of sp³-hybridized carbons (Fsp3) is 0.294. The van der Waals surface area contributed by atoms with Crippen LogP contribution in [0.5, 0.6) is 0 Å². The van der Waals surface area contributed by atoms with Crippen molar-refractivity contribution in [3.63, 3.8) is 0 Å². The monoisotopic (exact) mass is 463 g/mol. The van der Waals surface area contributed by atoms with Crippen molar-refractivity contribution in [2.45, 2.75) is 22.4 Å². The molecule has 1 aromatic carbocycles. The predicted molar refractivity (Wildman–Crippen MR) is 110 cm³/mol. The molecule has 1 fully saturated rings. The van der Waals surface area contributed by atoms with Crippen LogP contribution in [-0.2, 0) is 0 Å². The number of carbonyl (C=O) groups excluding carboxylic acids is 1. The first-order valence-electron chi connectivity index (χ1n) is 7.51. The SMILES string of the molecule is CN(C(=O)c1ccccc1Sc1ccc(Br)cn1)C1CCNC1.Cl.Cl. The number of halogens is 3. The van der Waals surface area contributed by atoms with Gasteiger partial charge in [0.2, 0.25) is 0 Å². The van der Waals surface area contributed by atoms with Gasteiger partial charge in [0, 0.05) is 35.2 Å². The Labute approximate surface area is 173 Å². The van der Waals surface area contributed by atoms with E-state index in [1.54, 1.807) is 6.20 Å². The largest absolute Gasteiger partial charge is 0.337 e. The van der Waals surface area contributed by atoms with E-state index in [1.807, 2.05) is 48.3 Å². The molecular weight excluding hydrogens is 445 g/mol. The zero-order valence-electron chi connectivity index (χ0n) is 13.6. The Morgan fingerprint density at radius 2 is 2.04 bits per heavy atom. The number of nitrogens with zero attached hydrogens (tertiary/aromatic N) is 2. The van der Waals surface area contributed by atoms with Crippen LogP contribution in [0.3, 0.4) is 0 Å². The summed E-state index contributed by atoms with van der Waals surface area (Å²) in [5.74, 6) is 0.0684. The first kappa shape index (κ1) is 22.3. The molecule has 136 valence electrons. The van der Waals surface area contributed by atoms with Gasteiger partial charge in [-0.3, -0.25) is 4.79 Å². The minimum Gasteiger partial charge on any atom is -0.337 e. The van der Waals surface area contributed by atoms with Crippen molar-refractivity contribution in [2.24, 2.45) is 0 Å². The molecule has 0 saturated carbocycles. The minimum atomic E-state index is 0. The Balaban J connectivity index is 0.00000156. The van der Waals surface area contributed by atoms with Gasteiger partial charge in [-0.25, -0.2) is 4.98 Å². The average Bonchev–Trinajstić information content (AvgIpc) is 3.11. The van der Waals surface area contributed by atoms with Gasteiger partial charge in [-0.15, -0.1) is 24.8 Å². The number of rotatable bonds is 4. The van der Waals surface area contributed by atoms with Crippen LogP contribution in [0.1, 0.15) is 16.8 Å². The van der Waals surface area contributed by atoms with E-state index in [0.29, 0.717) is 0 Å². The quantitative estimate of drug-likeness (QED) is 0.733. The molecule has 4 nitrogen and oxygen atoms in total. The second-order valence-corrected chi connectivity index (χ2v) is 7.45. The topological polar surface area (TPSA) is 45.2 Å². The summed E-state index contributed by atoms with van der Waals surface area (Å²) in [7, 11) is 1.89. The smallest absolute Gasteiger partial charge is 0.255 e. The number of pyridine rings is 1. The van der Waals surface area contributed by atoms with Gasteiger partial charge in [0.15, 0.2) is 0 Å². The molecule has 1 N–H and O–H groups in total. The van der Waals surface area contributed by atoms with Gasteiger partial charge >= 0.3 is 0 Å². The number of aromatic nitrogens is 1. The van der Waals surface area contributed by atoms with E-state index in [9.17, 15) is 4.79 Å². The van der Waals surface area contributed by atoms with Crippen LogP contribution in [0.15, 0.2) is 57.0 Å². The van der Waals surface area contributed by atoms with E-state index < -0.39 is 0 Å². The lowest BCUT2D eigenvalue weighted by Crippen LogP contribution is -2.38. The second-order valence-electron chi connectivity index (χ2n) is 5.48. The molecule has 25 heavy (non-hydrogen) atoms. The molecule has 0 bridgehead atoms. The van der Waals surface area contributed by atoms with Crippen molar-refractivity contribution < 1.29 is 4.79 Å². The number of nitrogens with one attached hydrogen (secondary N) is 1. The highest BCUT2D eigenvalue weighted by Crippen LogP contribution is 2.30. The molecule has 1 atom stereocenters. The van der Waals surface area contributed by atoms with Crippen molar-refractivity contribution >= 4 is 58.4 Å². The molecule has 2 aromatic rings. The molecule has 0 aliphatic carbocycles. The number of benzene rings is 1. The van der Waals surface area contributed by atoms with E-state index in [-0.39, 0.29) is 36.8 Å². The van der Waals surface area contributed by atoms with Crippen molar-refractivity contribution in [3.8, 4) is 0 Å². The van der Waals surface area contributed by atoms with Crippen LogP contribution in [0.2, 0.25) is 0 Å². The highest BCUT2D eigenvalue weighted by molar-refractivity contribution is 9.10. The zero-order valence-corrected chi connectivity index (χ0v) is 17.7. The molecule has 1 aliphatic heterocycles. The summed E-state index contributed by atoms with van der Waals surface area (Å²) in [6.07, 6.45) is 2.77. The molecule has 1 saturated heterocycles. The number of hydrogen-bond acceptors (Lipinski definition) is 4. The predicted octanol–water partition coefficient (Wildman–Crippen LogP) is 4.27. The van der Waals surface area contributed by atoms with Crippen molar-refractivity contribution in [1.29, 1.82) is 0 Å². The molecule has 1 aliphatic rings. The van der Waals surface area contributed by atoms with E-state index in [2.05, 4.69) is 26.2 Å². The summed E-state index contributed by atoms with van der Waals surface area (Å²) >= 11 is 4.90. The van der Waals surface area contributed by atoms with Crippen LogP contribution in [-0.4, -0.2) is 42.0 Å². The number of carbonyl (C=O) groups is 1. The zero-order chi connectivity index (χ0) is 16.2. The first-order chi connectivity index (χ1) is 11.1. The first-order valence-corrected chi connectivity index (χ1v) is 9.12. The number of likely N-dealkylation sites (N-methyl/N-ethyl adjacent to an activating group) is 1. The second kappa shape index (κ2) is 10.4. The van der Waals surface area contributed by atoms with Crippen LogP contribution in [0.4, 0.5) is 0 Å². The van der Waals surface area contributed by atoms with Crippen LogP contribution >= 0.6 is 52.5 Å². The van der Waals surface area contributed by atoms with Crippen LogP contribution in [0.25, 0.3) is 0 Å².